The molecular formula is C14H21NO4S. The van der Waals surface area contributed by atoms with Gasteiger partial charge in [0.2, 0.25) is 0 Å². The smallest absolute Gasteiger partial charge is 0.151 e. The van der Waals surface area contributed by atoms with Crippen LogP contribution in [0.3, 0.4) is 0 Å². The summed E-state index contributed by atoms with van der Waals surface area (Å²) in [7, 11) is -0.00843. The second-order valence-electron chi connectivity index (χ2n) is 5.37. The molecular weight excluding hydrogens is 278 g/mol. The van der Waals surface area contributed by atoms with E-state index in [2.05, 4.69) is 0 Å². The predicted octanol–water partition coefficient (Wildman–Crippen LogP) is 0.797. The molecule has 0 heterocycles. The van der Waals surface area contributed by atoms with Crippen molar-refractivity contribution >= 4 is 9.84 Å². The standard InChI is InChI=1S/C14H21NO4S/c1-18-9-14(8-15)12(13(14)20(3,16)17)10-4-6-11(19-2)7-5-10/h4-7,12-13H,8-9,15H2,1-3H3/t12-,13+,14-/m1/s1. The Morgan fingerprint density at radius 1 is 1.25 bits per heavy atom. The average Bonchev–Trinajstić information content (AvgIpc) is 3.09. The highest BCUT2D eigenvalue weighted by atomic mass is 32.2. The van der Waals surface area contributed by atoms with Gasteiger partial charge in [0, 0.05) is 31.2 Å². The Labute approximate surface area is 120 Å². The molecule has 0 saturated heterocycles. The minimum Gasteiger partial charge on any atom is -0.497 e. The first-order valence-corrected chi connectivity index (χ1v) is 8.38. The van der Waals surface area contributed by atoms with Gasteiger partial charge in [-0.2, -0.15) is 0 Å². The second-order valence-corrected chi connectivity index (χ2v) is 7.54. The van der Waals surface area contributed by atoms with Crippen LogP contribution in [0.1, 0.15) is 11.5 Å². The van der Waals surface area contributed by atoms with Gasteiger partial charge < -0.3 is 15.2 Å². The van der Waals surface area contributed by atoms with E-state index in [1.54, 1.807) is 14.2 Å². The van der Waals surface area contributed by atoms with Crippen molar-refractivity contribution in [3.05, 3.63) is 29.8 Å². The molecule has 112 valence electrons. The fourth-order valence-electron chi connectivity index (χ4n) is 3.19. The number of methoxy groups -OCH3 is 2. The van der Waals surface area contributed by atoms with Crippen LogP contribution >= 0.6 is 0 Å². The number of nitrogens with two attached hydrogens (primary N) is 1. The molecule has 0 unspecified atom stereocenters. The zero-order valence-corrected chi connectivity index (χ0v) is 12.8. The van der Waals surface area contributed by atoms with Crippen LogP contribution in [-0.4, -0.2) is 47.3 Å². The third-order valence-corrected chi connectivity index (χ3v) is 5.77. The summed E-state index contributed by atoms with van der Waals surface area (Å²) < 4.78 is 34.4. The van der Waals surface area contributed by atoms with Gasteiger partial charge in [-0.3, -0.25) is 0 Å². The van der Waals surface area contributed by atoms with Crippen LogP contribution in [0.5, 0.6) is 5.75 Å². The first-order valence-electron chi connectivity index (χ1n) is 6.42. The Balaban J connectivity index is 2.37. The lowest BCUT2D eigenvalue weighted by Gasteiger charge is -2.14. The van der Waals surface area contributed by atoms with Gasteiger partial charge in [0.05, 0.1) is 19.0 Å². The van der Waals surface area contributed by atoms with Crippen molar-refractivity contribution < 1.29 is 17.9 Å². The van der Waals surface area contributed by atoms with Gasteiger partial charge in [0.15, 0.2) is 9.84 Å². The molecule has 20 heavy (non-hydrogen) atoms. The Hall–Kier alpha value is -1.11. The lowest BCUT2D eigenvalue weighted by molar-refractivity contribution is 0.142. The zero-order chi connectivity index (χ0) is 15.0. The summed E-state index contributed by atoms with van der Waals surface area (Å²) in [5, 5.41) is -0.478. The van der Waals surface area contributed by atoms with Crippen molar-refractivity contribution in [2.45, 2.75) is 11.2 Å². The molecule has 0 aliphatic heterocycles. The van der Waals surface area contributed by atoms with Gasteiger partial charge in [-0.05, 0) is 17.7 Å². The number of benzene rings is 1. The maximum absolute atomic E-state index is 12.0. The first kappa shape index (κ1) is 15.3. The number of hydrogen-bond donors (Lipinski definition) is 1. The molecule has 1 aromatic rings. The quantitative estimate of drug-likeness (QED) is 0.840. The number of rotatable bonds is 6. The summed E-state index contributed by atoms with van der Waals surface area (Å²) >= 11 is 0. The highest BCUT2D eigenvalue weighted by Crippen LogP contribution is 2.62. The topological polar surface area (TPSA) is 78.6 Å². The monoisotopic (exact) mass is 299 g/mol. The molecule has 2 rings (SSSR count). The van der Waals surface area contributed by atoms with Crippen molar-refractivity contribution in [3.63, 3.8) is 0 Å². The maximum Gasteiger partial charge on any atom is 0.151 e. The van der Waals surface area contributed by atoms with E-state index in [-0.39, 0.29) is 12.5 Å². The summed E-state index contributed by atoms with van der Waals surface area (Å²) in [4.78, 5) is 0. The Bertz CT molecular complexity index is 569. The first-order chi connectivity index (χ1) is 9.40. The van der Waals surface area contributed by atoms with Crippen LogP contribution in [0.4, 0.5) is 0 Å². The van der Waals surface area contributed by atoms with E-state index in [0.29, 0.717) is 6.61 Å². The Morgan fingerprint density at radius 3 is 2.25 bits per heavy atom. The van der Waals surface area contributed by atoms with Crippen LogP contribution < -0.4 is 10.5 Å². The van der Waals surface area contributed by atoms with Gasteiger partial charge in [-0.1, -0.05) is 12.1 Å². The predicted molar refractivity (Wildman–Crippen MR) is 77.7 cm³/mol. The SMILES string of the molecule is COC[C@]1(CN)[C@H](c2ccc(OC)cc2)[C@@H]1S(C)(=O)=O. The Morgan fingerprint density at radius 2 is 1.85 bits per heavy atom. The number of ether oxygens (including phenoxy) is 2. The summed E-state index contributed by atoms with van der Waals surface area (Å²) in [5.74, 6) is 0.628. The summed E-state index contributed by atoms with van der Waals surface area (Å²) in [6.07, 6.45) is 1.27. The fraction of sp³-hybridized carbons (Fsp3) is 0.571. The Kier molecular flexibility index (Phi) is 4.09. The number of sulfone groups is 1. The molecule has 0 amide bonds. The normalized spacial score (nSPS) is 29.2. The largest absolute Gasteiger partial charge is 0.497 e. The molecule has 0 spiro atoms. The van der Waals surface area contributed by atoms with Crippen molar-refractivity contribution in [1.29, 1.82) is 0 Å². The average molecular weight is 299 g/mol. The van der Waals surface area contributed by atoms with E-state index >= 15 is 0 Å². The molecule has 1 aliphatic carbocycles. The molecule has 1 aromatic carbocycles. The molecule has 2 N–H and O–H groups in total. The van der Waals surface area contributed by atoms with E-state index in [1.807, 2.05) is 24.3 Å². The van der Waals surface area contributed by atoms with Crippen molar-refractivity contribution in [2.75, 3.05) is 33.6 Å². The molecule has 1 saturated carbocycles. The molecule has 3 atom stereocenters. The van der Waals surface area contributed by atoms with Crippen LogP contribution in [-0.2, 0) is 14.6 Å². The minimum absolute atomic E-state index is 0.117. The van der Waals surface area contributed by atoms with E-state index in [4.69, 9.17) is 15.2 Å². The fourth-order valence-corrected chi connectivity index (χ4v) is 5.20. The van der Waals surface area contributed by atoms with Crippen LogP contribution in [0.15, 0.2) is 24.3 Å². The highest BCUT2D eigenvalue weighted by molar-refractivity contribution is 7.91. The van der Waals surface area contributed by atoms with Gasteiger partial charge in [-0.25, -0.2) is 8.42 Å². The van der Waals surface area contributed by atoms with Gasteiger partial charge >= 0.3 is 0 Å². The van der Waals surface area contributed by atoms with Crippen molar-refractivity contribution in [1.82, 2.24) is 0 Å². The van der Waals surface area contributed by atoms with Crippen LogP contribution in [0.25, 0.3) is 0 Å². The molecule has 1 aliphatic rings. The molecule has 1 fully saturated rings. The second kappa shape index (κ2) is 5.35. The molecule has 0 radical (unpaired) electrons. The van der Waals surface area contributed by atoms with Gasteiger partial charge in [0.1, 0.15) is 5.75 Å². The van der Waals surface area contributed by atoms with Gasteiger partial charge in [0.25, 0.3) is 0 Å². The van der Waals surface area contributed by atoms with Crippen LogP contribution in [0.2, 0.25) is 0 Å². The summed E-state index contributed by atoms with van der Waals surface area (Å²) in [5.41, 5.74) is 6.30. The zero-order valence-electron chi connectivity index (χ0n) is 12.0. The third-order valence-electron chi connectivity index (χ3n) is 4.11. The van der Waals surface area contributed by atoms with Crippen molar-refractivity contribution in [3.8, 4) is 5.75 Å². The summed E-state index contributed by atoms with van der Waals surface area (Å²) in [6, 6.07) is 7.46. The van der Waals surface area contributed by atoms with Crippen molar-refractivity contribution in [2.24, 2.45) is 11.1 Å². The van der Waals surface area contributed by atoms with E-state index in [9.17, 15) is 8.42 Å². The maximum atomic E-state index is 12.0. The third kappa shape index (κ3) is 2.43. The molecule has 0 aromatic heterocycles. The minimum atomic E-state index is -3.18. The van der Waals surface area contributed by atoms with Crippen LogP contribution in [0, 0.1) is 5.41 Å². The molecule has 5 nitrogen and oxygen atoms in total. The highest BCUT2D eigenvalue weighted by Gasteiger charge is 2.69. The lowest BCUT2D eigenvalue weighted by Crippen LogP contribution is -2.28. The van der Waals surface area contributed by atoms with E-state index in [1.165, 1.54) is 6.26 Å². The van der Waals surface area contributed by atoms with Gasteiger partial charge in [-0.15, -0.1) is 0 Å². The number of hydrogen-bond acceptors (Lipinski definition) is 5. The lowest BCUT2D eigenvalue weighted by atomic mass is 10.00. The molecule has 0 bridgehead atoms. The van der Waals surface area contributed by atoms with E-state index < -0.39 is 20.5 Å². The summed E-state index contributed by atoms with van der Waals surface area (Å²) in [6.45, 7) is 0.632. The molecule has 6 heteroatoms. The van der Waals surface area contributed by atoms with E-state index in [0.717, 1.165) is 11.3 Å².